The van der Waals surface area contributed by atoms with Gasteiger partial charge in [0, 0.05) is 0 Å². The van der Waals surface area contributed by atoms with Gasteiger partial charge < -0.3 is 4.90 Å². The third kappa shape index (κ3) is 2.67. The van der Waals surface area contributed by atoms with Crippen molar-refractivity contribution in [3.05, 3.63) is 22.4 Å². The Morgan fingerprint density at radius 1 is 1.50 bits per heavy atom. The van der Waals surface area contributed by atoms with E-state index in [0.29, 0.717) is 12.0 Å². The van der Waals surface area contributed by atoms with Crippen molar-refractivity contribution in [3.63, 3.8) is 0 Å². The Bertz CT molecular complexity index is 418. The van der Waals surface area contributed by atoms with Gasteiger partial charge in [0.05, 0.1) is 6.04 Å². The van der Waals surface area contributed by atoms with Crippen molar-refractivity contribution >= 4 is 17.2 Å². The topological polar surface area (TPSA) is 32.3 Å². The zero-order chi connectivity index (χ0) is 13.3. The van der Waals surface area contributed by atoms with Crippen LogP contribution in [0.1, 0.15) is 25.1 Å². The average molecular weight is 278 g/mol. The molecule has 1 aromatic rings. The number of nitrogens with one attached hydrogen (secondary N) is 1. The van der Waals surface area contributed by atoms with Gasteiger partial charge >= 0.3 is 6.18 Å². The van der Waals surface area contributed by atoms with Crippen LogP contribution in [0.3, 0.4) is 0 Å². The lowest BCUT2D eigenvalue weighted by molar-refractivity contribution is -0.161. The van der Waals surface area contributed by atoms with Crippen LogP contribution in [0.25, 0.3) is 0 Å². The summed E-state index contributed by atoms with van der Waals surface area (Å²) in [6, 6.07) is 1.20. The van der Waals surface area contributed by atoms with Crippen LogP contribution in [0.5, 0.6) is 0 Å². The quantitative estimate of drug-likeness (QED) is 0.921. The van der Waals surface area contributed by atoms with E-state index in [9.17, 15) is 18.0 Å². The number of carbonyl (C=O) groups excluding carboxylic acids is 1. The number of nitrogens with zero attached hydrogens (tertiary/aromatic N) is 1. The van der Waals surface area contributed by atoms with Crippen LogP contribution in [0.4, 0.5) is 13.2 Å². The first kappa shape index (κ1) is 13.4. The summed E-state index contributed by atoms with van der Waals surface area (Å²) < 4.78 is 37.5. The van der Waals surface area contributed by atoms with Crippen molar-refractivity contribution in [2.45, 2.75) is 31.7 Å². The summed E-state index contributed by atoms with van der Waals surface area (Å²) in [5, 5.41) is 6.49. The maximum atomic E-state index is 12.5. The molecule has 1 saturated heterocycles. The lowest BCUT2D eigenvalue weighted by atomic mass is 10.2. The molecule has 2 rings (SSSR count). The summed E-state index contributed by atoms with van der Waals surface area (Å²) >= 11 is 1.40. The summed E-state index contributed by atoms with van der Waals surface area (Å²) in [7, 11) is 0. The van der Waals surface area contributed by atoms with Gasteiger partial charge in [-0.15, -0.1) is 0 Å². The van der Waals surface area contributed by atoms with Crippen molar-refractivity contribution in [1.82, 2.24) is 10.2 Å². The normalized spacial score (nSPS) is 24.9. The minimum atomic E-state index is -4.38. The van der Waals surface area contributed by atoms with Crippen molar-refractivity contribution in [2.75, 3.05) is 6.54 Å². The zero-order valence-electron chi connectivity index (χ0n) is 9.70. The highest BCUT2D eigenvalue weighted by Crippen LogP contribution is 2.31. The molecule has 1 aliphatic heterocycles. The molecule has 2 heterocycles. The fraction of sp³-hybridized carbons (Fsp3) is 0.545. The molecule has 0 aromatic carbocycles. The van der Waals surface area contributed by atoms with Gasteiger partial charge in [0.1, 0.15) is 12.7 Å². The number of hydrogen-bond acceptors (Lipinski definition) is 3. The van der Waals surface area contributed by atoms with Gasteiger partial charge in [-0.2, -0.15) is 24.5 Å². The second-order valence-corrected chi connectivity index (χ2v) is 4.95. The van der Waals surface area contributed by atoms with Crippen LogP contribution in [-0.4, -0.2) is 29.6 Å². The molecule has 2 unspecified atom stereocenters. The van der Waals surface area contributed by atoms with E-state index in [-0.39, 0.29) is 0 Å². The fourth-order valence-corrected chi connectivity index (χ4v) is 2.72. The largest absolute Gasteiger partial charge is 0.406 e. The number of hydrogen-bond donors (Lipinski definition) is 1. The Balaban J connectivity index is 2.23. The van der Waals surface area contributed by atoms with E-state index >= 15 is 0 Å². The number of thiophene rings is 1. The molecule has 100 valence electrons. The van der Waals surface area contributed by atoms with Crippen molar-refractivity contribution < 1.29 is 18.0 Å². The molecule has 1 aliphatic rings. The van der Waals surface area contributed by atoms with E-state index in [1.807, 2.05) is 0 Å². The Morgan fingerprint density at radius 3 is 2.72 bits per heavy atom. The number of carbonyl (C=O) groups is 1. The second kappa shape index (κ2) is 4.89. The Labute approximate surface area is 107 Å². The molecule has 1 fully saturated rings. The van der Waals surface area contributed by atoms with Gasteiger partial charge in [0.2, 0.25) is 5.91 Å². The van der Waals surface area contributed by atoms with Gasteiger partial charge in [-0.3, -0.25) is 10.1 Å². The van der Waals surface area contributed by atoms with E-state index in [1.165, 1.54) is 11.3 Å². The summed E-state index contributed by atoms with van der Waals surface area (Å²) in [6.45, 7) is 0.563. The maximum absolute atomic E-state index is 12.5. The third-order valence-corrected chi connectivity index (χ3v) is 3.57. The average Bonchev–Trinajstić information content (AvgIpc) is 2.87. The molecule has 0 radical (unpaired) electrons. The summed E-state index contributed by atoms with van der Waals surface area (Å²) in [5.41, 5.74) is 0.702. The smallest absolute Gasteiger partial charge is 0.312 e. The van der Waals surface area contributed by atoms with Gasteiger partial charge in [-0.05, 0) is 28.8 Å². The van der Waals surface area contributed by atoms with Crippen LogP contribution >= 0.6 is 11.3 Å². The molecule has 0 spiro atoms. The minimum absolute atomic E-state index is 0.480. The molecule has 3 nitrogen and oxygen atoms in total. The number of amides is 1. The zero-order valence-corrected chi connectivity index (χ0v) is 10.5. The fourth-order valence-electron chi connectivity index (χ4n) is 2.04. The summed E-state index contributed by atoms with van der Waals surface area (Å²) in [5.74, 6) is -0.481. The van der Waals surface area contributed by atoms with Crippen LogP contribution in [0.2, 0.25) is 0 Å². The van der Waals surface area contributed by atoms with Crippen LogP contribution in [0.15, 0.2) is 16.8 Å². The van der Waals surface area contributed by atoms with E-state index in [0.717, 1.165) is 4.90 Å². The molecule has 1 amide bonds. The Morgan fingerprint density at radius 2 is 2.22 bits per heavy atom. The molecule has 1 N–H and O–H groups in total. The number of alkyl halides is 3. The SMILES string of the molecule is CCC1NC(c2ccsc2)N(CC(F)(F)F)C1=O. The van der Waals surface area contributed by atoms with Gasteiger partial charge in [-0.25, -0.2) is 0 Å². The minimum Gasteiger partial charge on any atom is -0.312 e. The Hall–Kier alpha value is -1.08. The molecule has 18 heavy (non-hydrogen) atoms. The predicted molar refractivity (Wildman–Crippen MR) is 62.0 cm³/mol. The highest BCUT2D eigenvalue weighted by Gasteiger charge is 2.44. The molecule has 0 saturated carbocycles. The molecule has 0 bridgehead atoms. The first-order valence-corrected chi connectivity index (χ1v) is 6.52. The van der Waals surface area contributed by atoms with Crippen molar-refractivity contribution in [2.24, 2.45) is 0 Å². The molecular weight excluding hydrogens is 265 g/mol. The Kier molecular flexibility index (Phi) is 3.63. The maximum Gasteiger partial charge on any atom is 0.406 e. The molecule has 1 aromatic heterocycles. The number of halogens is 3. The lowest BCUT2D eigenvalue weighted by Gasteiger charge is -2.24. The summed E-state index contributed by atoms with van der Waals surface area (Å²) in [6.07, 6.45) is -4.57. The van der Waals surface area contributed by atoms with Gasteiger partial charge in [-0.1, -0.05) is 6.92 Å². The summed E-state index contributed by atoms with van der Waals surface area (Å²) in [4.78, 5) is 12.8. The van der Waals surface area contributed by atoms with E-state index in [4.69, 9.17) is 0 Å². The molecular formula is C11H13F3N2OS. The first-order valence-electron chi connectivity index (χ1n) is 5.57. The third-order valence-electron chi connectivity index (χ3n) is 2.87. The molecule has 7 heteroatoms. The van der Waals surface area contributed by atoms with Crippen LogP contribution < -0.4 is 5.32 Å². The van der Waals surface area contributed by atoms with Gasteiger partial charge in [0.25, 0.3) is 0 Å². The van der Waals surface area contributed by atoms with E-state index in [1.54, 1.807) is 23.8 Å². The van der Waals surface area contributed by atoms with Crippen molar-refractivity contribution in [3.8, 4) is 0 Å². The highest BCUT2D eigenvalue weighted by molar-refractivity contribution is 7.07. The van der Waals surface area contributed by atoms with E-state index in [2.05, 4.69) is 5.32 Å². The van der Waals surface area contributed by atoms with E-state index < -0.39 is 30.8 Å². The standard InChI is InChI=1S/C11H13F3N2OS/c1-2-8-10(17)16(6-11(12,13)14)9(15-8)7-3-4-18-5-7/h3-5,8-9,15H,2,6H2,1H3. The second-order valence-electron chi connectivity index (χ2n) is 4.17. The predicted octanol–water partition coefficient (Wildman–Crippen LogP) is 2.52. The molecule has 2 atom stereocenters. The first-order chi connectivity index (χ1) is 8.42. The van der Waals surface area contributed by atoms with Crippen LogP contribution in [-0.2, 0) is 4.79 Å². The monoisotopic (exact) mass is 278 g/mol. The van der Waals surface area contributed by atoms with Gasteiger partial charge in [0.15, 0.2) is 0 Å². The lowest BCUT2D eigenvalue weighted by Crippen LogP contribution is -2.38. The van der Waals surface area contributed by atoms with Crippen molar-refractivity contribution in [1.29, 1.82) is 0 Å². The molecule has 0 aliphatic carbocycles. The highest BCUT2D eigenvalue weighted by atomic mass is 32.1. The number of rotatable bonds is 3. The van der Waals surface area contributed by atoms with Crippen LogP contribution in [0, 0.1) is 0 Å².